The predicted octanol–water partition coefficient (Wildman–Crippen LogP) is 0.863. The molecule has 0 aromatic heterocycles. The van der Waals surface area contributed by atoms with Crippen LogP contribution < -0.4 is 5.32 Å². The molecule has 0 spiro atoms. The Morgan fingerprint density at radius 2 is 1.86 bits per heavy atom. The normalized spacial score (nSPS) is 15.8. The summed E-state index contributed by atoms with van der Waals surface area (Å²) in [6.45, 7) is 5.80. The van der Waals surface area contributed by atoms with Gasteiger partial charge >= 0.3 is 20.0 Å². The van der Waals surface area contributed by atoms with Gasteiger partial charge in [0.2, 0.25) is 11.3 Å². The molecule has 3 atom stereocenters. The standard InChI is InChI=1S/C12H20NO7P/c1-5-20-11(17)12(10(15)16,6-7(2)3)9(21(18)19)13-8(4)14/h7,9H,5-6H2,1-4H3,(H2-,13,14,15,16,18,19)/p+1/t9-,12?/m1/s1. The Bertz CT molecular complexity index is 437. The number of amides is 1. The lowest BCUT2D eigenvalue weighted by Gasteiger charge is -2.29. The zero-order valence-electron chi connectivity index (χ0n) is 12.5. The molecule has 0 aliphatic carbocycles. The van der Waals surface area contributed by atoms with E-state index in [0.29, 0.717) is 0 Å². The first-order valence-electron chi connectivity index (χ1n) is 6.42. The van der Waals surface area contributed by atoms with E-state index in [2.05, 4.69) is 5.32 Å². The number of hydrogen-bond acceptors (Lipinski definition) is 5. The number of hydrogen-bond donors (Lipinski definition) is 3. The molecular formula is C12H21NO7P+. The summed E-state index contributed by atoms with van der Waals surface area (Å²) in [7, 11) is -3.15. The van der Waals surface area contributed by atoms with Crippen LogP contribution in [0.15, 0.2) is 0 Å². The van der Waals surface area contributed by atoms with Gasteiger partial charge in [-0.2, -0.15) is 4.89 Å². The molecule has 2 unspecified atom stereocenters. The summed E-state index contributed by atoms with van der Waals surface area (Å²) < 4.78 is 16.3. The Hall–Kier alpha value is -1.53. The van der Waals surface area contributed by atoms with Crippen LogP contribution in [0.2, 0.25) is 0 Å². The molecule has 0 heterocycles. The second kappa shape index (κ2) is 8.05. The fourth-order valence-electron chi connectivity index (χ4n) is 2.06. The summed E-state index contributed by atoms with van der Waals surface area (Å²) in [6, 6.07) is 0. The van der Waals surface area contributed by atoms with Crippen molar-refractivity contribution in [3.05, 3.63) is 0 Å². The highest BCUT2D eigenvalue weighted by Gasteiger charge is 2.63. The first-order chi connectivity index (χ1) is 9.59. The van der Waals surface area contributed by atoms with Crippen LogP contribution in [0, 0.1) is 11.3 Å². The van der Waals surface area contributed by atoms with Gasteiger partial charge in [0.15, 0.2) is 0 Å². The van der Waals surface area contributed by atoms with Crippen LogP contribution in [-0.4, -0.2) is 40.2 Å². The van der Waals surface area contributed by atoms with Gasteiger partial charge in [-0.05, 0) is 23.8 Å². The van der Waals surface area contributed by atoms with Crippen LogP contribution in [0.1, 0.15) is 34.1 Å². The number of aliphatic carboxylic acids is 1. The van der Waals surface area contributed by atoms with Crippen LogP contribution >= 0.6 is 8.03 Å². The molecule has 1 amide bonds. The van der Waals surface area contributed by atoms with Gasteiger partial charge in [-0.1, -0.05) is 13.8 Å². The van der Waals surface area contributed by atoms with E-state index in [-0.39, 0.29) is 18.9 Å². The average molecular weight is 322 g/mol. The maximum Gasteiger partial charge on any atom is 0.532 e. The molecule has 0 aliphatic rings. The van der Waals surface area contributed by atoms with Crippen molar-refractivity contribution >= 4 is 25.9 Å². The van der Waals surface area contributed by atoms with Gasteiger partial charge in [-0.3, -0.25) is 14.4 Å². The molecule has 0 aromatic rings. The molecule has 0 rings (SSSR count). The molecule has 21 heavy (non-hydrogen) atoms. The van der Waals surface area contributed by atoms with E-state index in [1.54, 1.807) is 13.8 Å². The van der Waals surface area contributed by atoms with Gasteiger partial charge in [0, 0.05) is 6.92 Å². The molecule has 0 radical (unpaired) electrons. The second-order valence-electron chi connectivity index (χ2n) is 5.00. The Kier molecular flexibility index (Phi) is 7.46. The van der Waals surface area contributed by atoms with Crippen molar-refractivity contribution in [2.45, 2.75) is 39.9 Å². The van der Waals surface area contributed by atoms with Crippen molar-refractivity contribution in [2.24, 2.45) is 11.3 Å². The molecule has 0 aromatic carbocycles. The van der Waals surface area contributed by atoms with Crippen LogP contribution in [0.3, 0.4) is 0 Å². The molecule has 0 saturated heterocycles. The van der Waals surface area contributed by atoms with Gasteiger partial charge in [0.05, 0.1) is 6.61 Å². The van der Waals surface area contributed by atoms with E-state index in [0.717, 1.165) is 6.92 Å². The van der Waals surface area contributed by atoms with E-state index >= 15 is 0 Å². The highest BCUT2D eigenvalue weighted by Crippen LogP contribution is 2.42. The zero-order valence-corrected chi connectivity index (χ0v) is 13.3. The summed E-state index contributed by atoms with van der Waals surface area (Å²) >= 11 is 0. The van der Waals surface area contributed by atoms with Gasteiger partial charge in [0.1, 0.15) is 0 Å². The number of nitrogens with one attached hydrogen (secondary N) is 1. The average Bonchev–Trinajstić information content (AvgIpc) is 2.32. The van der Waals surface area contributed by atoms with E-state index < -0.39 is 37.1 Å². The monoisotopic (exact) mass is 322 g/mol. The molecule has 0 fully saturated rings. The Morgan fingerprint density at radius 3 is 2.14 bits per heavy atom. The summed E-state index contributed by atoms with van der Waals surface area (Å²) in [5.41, 5.74) is -2.31. The van der Waals surface area contributed by atoms with Gasteiger partial charge in [-0.15, -0.1) is 0 Å². The maximum atomic E-state index is 12.2. The smallest absolute Gasteiger partial charge is 0.480 e. The number of carboxylic acid groups (broad SMARTS) is 1. The van der Waals surface area contributed by atoms with Crippen LogP contribution in [0.25, 0.3) is 0 Å². The third-order valence-electron chi connectivity index (χ3n) is 2.78. The van der Waals surface area contributed by atoms with Crippen LogP contribution in [0.5, 0.6) is 0 Å². The van der Waals surface area contributed by atoms with Crippen molar-refractivity contribution in [1.29, 1.82) is 0 Å². The fourth-order valence-corrected chi connectivity index (χ4v) is 3.05. The Balaban J connectivity index is 6.02. The van der Waals surface area contributed by atoms with Crippen molar-refractivity contribution in [2.75, 3.05) is 6.61 Å². The molecule has 0 saturated carbocycles. The quantitative estimate of drug-likeness (QED) is 0.343. The lowest BCUT2D eigenvalue weighted by molar-refractivity contribution is -0.171. The first-order valence-corrected chi connectivity index (χ1v) is 7.70. The van der Waals surface area contributed by atoms with Gasteiger partial charge < -0.3 is 15.2 Å². The topological polar surface area (TPSA) is 130 Å². The molecule has 0 bridgehead atoms. The Labute approximate surface area is 123 Å². The fraction of sp³-hybridized carbons (Fsp3) is 0.750. The van der Waals surface area contributed by atoms with E-state index in [1.165, 1.54) is 6.92 Å². The van der Waals surface area contributed by atoms with E-state index in [4.69, 9.17) is 4.74 Å². The highest BCUT2D eigenvalue weighted by atomic mass is 31.1. The molecule has 0 aliphatic heterocycles. The highest BCUT2D eigenvalue weighted by molar-refractivity contribution is 7.39. The molecule has 8 nitrogen and oxygen atoms in total. The third kappa shape index (κ3) is 4.75. The van der Waals surface area contributed by atoms with Crippen LogP contribution in [-0.2, 0) is 23.7 Å². The van der Waals surface area contributed by atoms with Crippen molar-refractivity contribution in [3.8, 4) is 0 Å². The maximum absolute atomic E-state index is 12.2. The largest absolute Gasteiger partial charge is 0.532 e. The van der Waals surface area contributed by atoms with Crippen molar-refractivity contribution in [3.63, 3.8) is 0 Å². The molecule has 120 valence electrons. The minimum atomic E-state index is -3.15. The van der Waals surface area contributed by atoms with E-state index in [1.807, 2.05) is 0 Å². The lowest BCUT2D eigenvalue weighted by atomic mass is 9.79. The third-order valence-corrected chi connectivity index (χ3v) is 3.79. The number of rotatable bonds is 8. The summed E-state index contributed by atoms with van der Waals surface area (Å²) in [5.74, 6) is -5.50. The second-order valence-corrected chi connectivity index (χ2v) is 6.12. The number of ether oxygens (including phenoxy) is 1. The molecule has 3 N–H and O–H groups in total. The zero-order chi connectivity index (χ0) is 16.8. The Morgan fingerprint density at radius 1 is 1.33 bits per heavy atom. The minimum absolute atomic E-state index is 0.0824. The van der Waals surface area contributed by atoms with E-state index in [9.17, 15) is 28.9 Å². The number of carboxylic acids is 1. The summed E-state index contributed by atoms with van der Waals surface area (Å²) in [6.07, 6.45) is -0.242. The molecule has 9 heteroatoms. The lowest BCUT2D eigenvalue weighted by Crippen LogP contribution is -2.55. The van der Waals surface area contributed by atoms with Crippen molar-refractivity contribution < 1.29 is 33.7 Å². The minimum Gasteiger partial charge on any atom is -0.480 e. The van der Waals surface area contributed by atoms with Gasteiger partial charge in [0.25, 0.3) is 5.78 Å². The summed E-state index contributed by atoms with van der Waals surface area (Å²) in [5, 5.41) is 11.6. The SMILES string of the molecule is CCOC(=O)C(CC(C)C)(C(=O)O)[C@H](NC(C)=O)[P+](=O)O. The first kappa shape index (κ1) is 19.5. The summed E-state index contributed by atoms with van der Waals surface area (Å²) in [4.78, 5) is 44.5. The number of esters is 1. The van der Waals surface area contributed by atoms with Crippen molar-refractivity contribution in [1.82, 2.24) is 5.32 Å². The number of carbonyl (C=O) groups excluding carboxylic acids is 2. The molecular weight excluding hydrogens is 301 g/mol. The number of carbonyl (C=O) groups is 3. The van der Waals surface area contributed by atoms with Gasteiger partial charge in [-0.25, -0.2) is 0 Å². The van der Waals surface area contributed by atoms with Crippen LogP contribution in [0.4, 0.5) is 0 Å². The predicted molar refractivity (Wildman–Crippen MR) is 73.6 cm³/mol.